The minimum atomic E-state index is -1.47. The normalized spacial score (nSPS) is 23.6. The van der Waals surface area contributed by atoms with Crippen molar-refractivity contribution in [2.24, 2.45) is 0 Å². The molecule has 0 amide bonds. The molecule has 2 aromatic rings. The fourth-order valence-electron chi connectivity index (χ4n) is 2.75. The van der Waals surface area contributed by atoms with Gasteiger partial charge in [0, 0.05) is 24.2 Å². The Kier molecular flexibility index (Phi) is 3.40. The quantitative estimate of drug-likeness (QED) is 0.928. The molecule has 2 heterocycles. The average Bonchev–Trinajstić information content (AvgIpc) is 2.81. The molecule has 0 aliphatic carbocycles. The molecule has 0 radical (unpaired) electrons. The van der Waals surface area contributed by atoms with Crippen LogP contribution in [0.2, 0.25) is 0 Å². The Morgan fingerprint density at radius 1 is 1.35 bits per heavy atom. The summed E-state index contributed by atoms with van der Waals surface area (Å²) < 4.78 is 14.0. The van der Waals surface area contributed by atoms with Gasteiger partial charge in [0.15, 0.2) is 0 Å². The summed E-state index contributed by atoms with van der Waals surface area (Å²) in [5, 5.41) is 10.1. The molecule has 1 aromatic heterocycles. The van der Waals surface area contributed by atoms with Gasteiger partial charge < -0.3 is 5.11 Å². The van der Waals surface area contributed by atoms with E-state index in [0.29, 0.717) is 25.3 Å². The maximum Gasteiger partial charge on any atom is 0.147 e. The molecule has 1 atom stereocenters. The summed E-state index contributed by atoms with van der Waals surface area (Å²) in [7, 11) is 0. The van der Waals surface area contributed by atoms with Crippen LogP contribution in [0, 0.1) is 6.92 Å². The zero-order chi connectivity index (χ0) is 14.2. The van der Waals surface area contributed by atoms with Crippen LogP contribution in [0.4, 0.5) is 4.39 Å². The highest BCUT2D eigenvalue weighted by molar-refractivity contribution is 5.80. The molecule has 1 unspecified atom stereocenters. The number of alkyl halides is 1. The maximum absolute atomic E-state index is 14.0. The highest BCUT2D eigenvalue weighted by atomic mass is 19.1. The monoisotopic (exact) mass is 275 g/mol. The maximum atomic E-state index is 14.0. The number of para-hydroxylation sites is 1. The van der Waals surface area contributed by atoms with E-state index >= 15 is 0 Å². The van der Waals surface area contributed by atoms with Crippen LogP contribution in [0.15, 0.2) is 24.3 Å². The Bertz CT molecular complexity index is 634. The Labute approximate surface area is 117 Å². The van der Waals surface area contributed by atoms with Gasteiger partial charge in [-0.25, -0.2) is 14.4 Å². The van der Waals surface area contributed by atoms with Crippen molar-refractivity contribution >= 4 is 10.9 Å². The number of fused-ring (bicyclic) bond motifs is 1. The van der Waals surface area contributed by atoms with Gasteiger partial charge in [-0.15, -0.1) is 0 Å². The third kappa shape index (κ3) is 2.51. The van der Waals surface area contributed by atoms with Crippen LogP contribution in [0.5, 0.6) is 0 Å². The molecule has 1 N–H and O–H groups in total. The van der Waals surface area contributed by atoms with Crippen LogP contribution in [0.3, 0.4) is 0 Å². The first-order chi connectivity index (χ1) is 9.59. The van der Waals surface area contributed by atoms with Crippen LogP contribution in [-0.2, 0) is 6.54 Å². The largest absolute Gasteiger partial charge is 0.393 e. The van der Waals surface area contributed by atoms with E-state index in [0.717, 1.165) is 16.6 Å². The van der Waals surface area contributed by atoms with Crippen molar-refractivity contribution in [2.45, 2.75) is 25.6 Å². The Morgan fingerprint density at radius 3 is 2.90 bits per heavy atom. The average molecular weight is 275 g/mol. The second-order valence-electron chi connectivity index (χ2n) is 5.51. The van der Waals surface area contributed by atoms with Crippen LogP contribution < -0.4 is 0 Å². The van der Waals surface area contributed by atoms with Crippen LogP contribution >= 0.6 is 0 Å². The molecular formula is C15H18FN3O. The second-order valence-corrected chi connectivity index (χ2v) is 5.51. The summed E-state index contributed by atoms with van der Waals surface area (Å²) in [6, 6.07) is 7.89. The van der Waals surface area contributed by atoms with E-state index in [1.807, 2.05) is 36.1 Å². The number of aliphatic hydroxyl groups excluding tert-OH is 1. The van der Waals surface area contributed by atoms with Crippen molar-refractivity contribution < 1.29 is 9.50 Å². The lowest BCUT2D eigenvalue weighted by Gasteiger charge is -2.18. The number of benzene rings is 1. The number of hydrogen-bond acceptors (Lipinski definition) is 4. The highest BCUT2D eigenvalue weighted by Crippen LogP contribution is 2.26. The van der Waals surface area contributed by atoms with Crippen LogP contribution in [0.25, 0.3) is 10.9 Å². The molecular weight excluding hydrogens is 257 g/mol. The highest BCUT2D eigenvalue weighted by Gasteiger charge is 2.37. The Morgan fingerprint density at radius 2 is 2.15 bits per heavy atom. The van der Waals surface area contributed by atoms with E-state index in [1.54, 1.807) is 0 Å². The number of aliphatic hydroxyl groups is 1. The molecule has 1 aromatic carbocycles. The summed E-state index contributed by atoms with van der Waals surface area (Å²) in [4.78, 5) is 11.0. The van der Waals surface area contributed by atoms with Crippen molar-refractivity contribution in [1.82, 2.24) is 14.9 Å². The molecule has 1 saturated heterocycles. The van der Waals surface area contributed by atoms with Gasteiger partial charge in [0.1, 0.15) is 11.5 Å². The lowest BCUT2D eigenvalue weighted by molar-refractivity contribution is 0.0766. The number of aryl methyl sites for hydroxylation is 1. The number of halogens is 1. The van der Waals surface area contributed by atoms with Gasteiger partial charge in [0.05, 0.1) is 18.7 Å². The first-order valence-electron chi connectivity index (χ1n) is 6.84. The third-order valence-electron chi connectivity index (χ3n) is 3.87. The molecule has 1 fully saturated rings. The molecule has 5 heteroatoms. The molecule has 0 spiro atoms. The zero-order valence-electron chi connectivity index (χ0n) is 11.5. The predicted octanol–water partition coefficient (Wildman–Crippen LogP) is 1.84. The summed E-state index contributed by atoms with van der Waals surface area (Å²) in [6.45, 7) is 2.95. The molecule has 1 aliphatic heterocycles. The number of rotatable bonds is 3. The van der Waals surface area contributed by atoms with Crippen molar-refractivity contribution in [2.75, 3.05) is 19.7 Å². The van der Waals surface area contributed by atoms with E-state index < -0.39 is 12.3 Å². The van der Waals surface area contributed by atoms with E-state index in [-0.39, 0.29) is 6.54 Å². The third-order valence-corrected chi connectivity index (χ3v) is 3.87. The summed E-state index contributed by atoms with van der Waals surface area (Å²) in [5.41, 5.74) is 0.396. The summed E-state index contributed by atoms with van der Waals surface area (Å²) in [6.07, 6.45) is 0.371. The molecule has 0 bridgehead atoms. The zero-order valence-corrected chi connectivity index (χ0v) is 11.5. The van der Waals surface area contributed by atoms with Gasteiger partial charge in [0.25, 0.3) is 0 Å². The number of aromatic nitrogens is 2. The van der Waals surface area contributed by atoms with Gasteiger partial charge in [-0.1, -0.05) is 18.2 Å². The van der Waals surface area contributed by atoms with Crippen molar-refractivity contribution in [3.05, 3.63) is 35.8 Å². The van der Waals surface area contributed by atoms with Gasteiger partial charge in [-0.3, -0.25) is 4.90 Å². The standard InChI is InChI=1S/C15H18FN3O/c1-11-12-4-2-3-5-13(12)18-14(17-11)8-19-7-6-15(16,9-19)10-20/h2-5,20H,6-10H2,1H3. The number of hydrogen-bond donors (Lipinski definition) is 1. The first-order valence-corrected chi connectivity index (χ1v) is 6.84. The van der Waals surface area contributed by atoms with Gasteiger partial charge in [-0.05, 0) is 19.4 Å². The van der Waals surface area contributed by atoms with E-state index in [9.17, 15) is 4.39 Å². The molecule has 1 aliphatic rings. The lowest BCUT2D eigenvalue weighted by atomic mass is 10.1. The fraction of sp³-hybridized carbons (Fsp3) is 0.467. The summed E-state index contributed by atoms with van der Waals surface area (Å²) >= 11 is 0. The molecule has 4 nitrogen and oxygen atoms in total. The smallest absolute Gasteiger partial charge is 0.147 e. The van der Waals surface area contributed by atoms with Crippen molar-refractivity contribution in [3.8, 4) is 0 Å². The van der Waals surface area contributed by atoms with E-state index in [1.165, 1.54) is 0 Å². The van der Waals surface area contributed by atoms with Gasteiger partial charge in [0.2, 0.25) is 0 Å². The molecule has 0 saturated carbocycles. The van der Waals surface area contributed by atoms with Crippen molar-refractivity contribution in [1.29, 1.82) is 0 Å². The first kappa shape index (κ1) is 13.4. The topological polar surface area (TPSA) is 49.2 Å². The number of likely N-dealkylation sites (tertiary alicyclic amines) is 1. The SMILES string of the molecule is Cc1nc(CN2CCC(F)(CO)C2)nc2ccccc12. The van der Waals surface area contributed by atoms with E-state index in [2.05, 4.69) is 9.97 Å². The fourth-order valence-corrected chi connectivity index (χ4v) is 2.75. The Balaban J connectivity index is 1.82. The van der Waals surface area contributed by atoms with Crippen molar-refractivity contribution in [3.63, 3.8) is 0 Å². The molecule has 20 heavy (non-hydrogen) atoms. The van der Waals surface area contributed by atoms with Crippen LogP contribution in [0.1, 0.15) is 17.9 Å². The predicted molar refractivity (Wildman–Crippen MR) is 75.1 cm³/mol. The lowest BCUT2D eigenvalue weighted by Crippen LogP contribution is -2.32. The number of nitrogens with zero attached hydrogens (tertiary/aromatic N) is 3. The van der Waals surface area contributed by atoms with Crippen LogP contribution in [-0.4, -0.2) is 45.3 Å². The minimum absolute atomic E-state index is 0.249. The second kappa shape index (κ2) is 5.07. The molecule has 3 rings (SSSR count). The summed E-state index contributed by atoms with van der Waals surface area (Å²) in [5.74, 6) is 0.711. The van der Waals surface area contributed by atoms with Gasteiger partial charge >= 0.3 is 0 Å². The van der Waals surface area contributed by atoms with Gasteiger partial charge in [-0.2, -0.15) is 0 Å². The van der Waals surface area contributed by atoms with E-state index in [4.69, 9.17) is 5.11 Å². The Hall–Kier alpha value is -1.59. The minimum Gasteiger partial charge on any atom is -0.393 e. The molecule has 106 valence electrons.